The van der Waals surface area contributed by atoms with Gasteiger partial charge < -0.3 is 5.73 Å². The molecule has 126 valence electrons. The van der Waals surface area contributed by atoms with Crippen molar-refractivity contribution >= 4 is 16.9 Å². The van der Waals surface area contributed by atoms with E-state index in [1.807, 2.05) is 0 Å². The molecule has 0 aliphatic rings. The topological polar surface area (TPSA) is 145 Å². The number of hydrogen-bond donors (Lipinski definition) is 1. The minimum atomic E-state index is -0.717. The number of nitrogen functional groups attached to an aromatic ring is 1. The van der Waals surface area contributed by atoms with Crippen LogP contribution in [0, 0.1) is 0 Å². The summed E-state index contributed by atoms with van der Waals surface area (Å²) in [5.41, 5.74) is 2.90. The van der Waals surface area contributed by atoms with Crippen molar-refractivity contribution in [3.8, 4) is 5.82 Å². The molecular weight excluding hydrogens is 320 g/mol. The number of nitrogens with zero attached hydrogens (tertiary/aromatic N) is 7. The molecule has 3 heterocycles. The summed E-state index contributed by atoms with van der Waals surface area (Å²) in [6.45, 7) is 0. The number of aromatic nitrogens is 7. The molecule has 0 aliphatic heterocycles. The highest BCUT2D eigenvalue weighted by Crippen LogP contribution is 2.14. The molecule has 0 saturated carbocycles. The van der Waals surface area contributed by atoms with Crippen molar-refractivity contribution in [1.29, 1.82) is 0 Å². The number of nitrogens with two attached hydrogens (primary N) is 1. The average Bonchev–Trinajstić information content (AvgIpc) is 2.99. The Morgan fingerprint density at radius 3 is 1.96 bits per heavy atom. The Balaban J connectivity index is 2.60. The van der Waals surface area contributed by atoms with Crippen LogP contribution in [-0.2, 0) is 28.2 Å². The van der Waals surface area contributed by atoms with Crippen molar-refractivity contribution in [2.75, 3.05) is 5.73 Å². The zero-order chi connectivity index (χ0) is 17.9. The maximum atomic E-state index is 12.2. The van der Waals surface area contributed by atoms with E-state index in [-0.39, 0.29) is 22.7 Å². The van der Waals surface area contributed by atoms with Gasteiger partial charge in [0.1, 0.15) is 5.69 Å². The predicted octanol–water partition coefficient (Wildman–Crippen LogP) is -3.20. The van der Waals surface area contributed by atoms with Gasteiger partial charge in [0.25, 0.3) is 11.1 Å². The Kier molecular flexibility index (Phi) is 3.08. The van der Waals surface area contributed by atoms with Crippen molar-refractivity contribution in [3.63, 3.8) is 0 Å². The van der Waals surface area contributed by atoms with E-state index in [1.54, 1.807) is 0 Å². The van der Waals surface area contributed by atoms with Gasteiger partial charge in [-0.1, -0.05) is 5.21 Å². The third-order valence-electron chi connectivity index (χ3n) is 3.91. The first kappa shape index (κ1) is 15.5. The molecular formula is C12H14N8O4. The minimum Gasteiger partial charge on any atom is -0.391 e. The molecule has 0 spiro atoms. The van der Waals surface area contributed by atoms with E-state index in [0.29, 0.717) is 0 Å². The van der Waals surface area contributed by atoms with Gasteiger partial charge in [0.2, 0.25) is 0 Å². The Hall–Kier alpha value is -3.44. The maximum Gasteiger partial charge on any atom is 0.332 e. The second kappa shape index (κ2) is 4.78. The fourth-order valence-electron chi connectivity index (χ4n) is 2.54. The van der Waals surface area contributed by atoms with Gasteiger partial charge in [-0.2, -0.15) is 4.68 Å². The van der Waals surface area contributed by atoms with Gasteiger partial charge in [0, 0.05) is 28.2 Å². The Morgan fingerprint density at radius 2 is 1.33 bits per heavy atom. The molecule has 3 aromatic rings. The lowest BCUT2D eigenvalue weighted by Gasteiger charge is -2.13. The van der Waals surface area contributed by atoms with E-state index in [4.69, 9.17) is 5.73 Å². The van der Waals surface area contributed by atoms with Crippen molar-refractivity contribution in [2.24, 2.45) is 28.2 Å². The fourth-order valence-corrected chi connectivity index (χ4v) is 2.54. The zero-order valence-corrected chi connectivity index (χ0v) is 13.3. The van der Waals surface area contributed by atoms with Gasteiger partial charge in [-0.05, 0) is 0 Å². The minimum absolute atomic E-state index is 0.0260. The van der Waals surface area contributed by atoms with Crippen molar-refractivity contribution in [3.05, 3.63) is 41.7 Å². The molecule has 0 aromatic carbocycles. The van der Waals surface area contributed by atoms with Crippen LogP contribution in [0.15, 0.2) is 19.2 Å². The Morgan fingerprint density at radius 1 is 0.792 bits per heavy atom. The average molecular weight is 334 g/mol. The third kappa shape index (κ3) is 1.73. The second-order valence-electron chi connectivity index (χ2n) is 5.32. The molecule has 3 aromatic heterocycles. The van der Waals surface area contributed by atoms with Gasteiger partial charge in [-0.3, -0.25) is 27.9 Å². The molecule has 0 unspecified atom stereocenters. The van der Waals surface area contributed by atoms with Gasteiger partial charge in [0.05, 0.1) is 0 Å². The predicted molar refractivity (Wildman–Crippen MR) is 84.2 cm³/mol. The number of rotatable bonds is 1. The second-order valence-corrected chi connectivity index (χ2v) is 5.32. The SMILES string of the molecule is Cn1c(-n2nnc3c(=O)n(C)c(=O)n(C)c32)c(N)c(=O)n(C)c1=O. The summed E-state index contributed by atoms with van der Waals surface area (Å²) >= 11 is 0. The van der Waals surface area contributed by atoms with Crippen molar-refractivity contribution in [1.82, 2.24) is 33.3 Å². The van der Waals surface area contributed by atoms with E-state index >= 15 is 0 Å². The standard InChI is InChI=1S/C12H14N8O4/c1-16-7(5(13)9(21)18(3)11(16)23)20-8-6(14-15-20)10(22)19(4)12(24)17(8)2/h13H2,1-4H3. The highest BCUT2D eigenvalue weighted by Gasteiger charge is 2.22. The molecule has 0 saturated heterocycles. The number of fused-ring (bicyclic) bond motifs is 1. The lowest BCUT2D eigenvalue weighted by molar-refractivity contribution is 0.638. The van der Waals surface area contributed by atoms with Crippen molar-refractivity contribution < 1.29 is 0 Å². The summed E-state index contributed by atoms with van der Waals surface area (Å²) in [5, 5.41) is 7.57. The summed E-state index contributed by atoms with van der Waals surface area (Å²) in [6, 6.07) is 0. The van der Waals surface area contributed by atoms with E-state index < -0.39 is 22.5 Å². The van der Waals surface area contributed by atoms with Crippen LogP contribution in [-0.4, -0.2) is 33.3 Å². The van der Waals surface area contributed by atoms with Gasteiger partial charge >= 0.3 is 11.4 Å². The molecule has 0 bridgehead atoms. The molecule has 0 aliphatic carbocycles. The third-order valence-corrected chi connectivity index (χ3v) is 3.91. The summed E-state index contributed by atoms with van der Waals surface area (Å²) in [5.74, 6) is -0.0751. The molecule has 0 radical (unpaired) electrons. The molecule has 12 heteroatoms. The van der Waals surface area contributed by atoms with Crippen LogP contribution < -0.4 is 28.2 Å². The van der Waals surface area contributed by atoms with Crippen LogP contribution in [0.5, 0.6) is 0 Å². The fraction of sp³-hybridized carbons (Fsp3) is 0.333. The van der Waals surface area contributed by atoms with E-state index in [0.717, 1.165) is 23.0 Å². The summed E-state index contributed by atoms with van der Waals surface area (Å²) in [7, 11) is 5.40. The first-order chi connectivity index (χ1) is 11.2. The quantitative estimate of drug-likeness (QED) is 0.493. The normalized spacial score (nSPS) is 11.3. The van der Waals surface area contributed by atoms with E-state index in [1.165, 1.54) is 28.2 Å². The molecule has 0 amide bonds. The van der Waals surface area contributed by atoms with Crippen molar-refractivity contribution in [2.45, 2.75) is 0 Å². The molecule has 3 rings (SSSR count). The highest BCUT2D eigenvalue weighted by molar-refractivity contribution is 5.72. The van der Waals surface area contributed by atoms with Crippen LogP contribution in [0.4, 0.5) is 5.69 Å². The van der Waals surface area contributed by atoms with Crippen LogP contribution in [0.1, 0.15) is 0 Å². The zero-order valence-electron chi connectivity index (χ0n) is 13.3. The summed E-state index contributed by atoms with van der Waals surface area (Å²) in [4.78, 5) is 48.5. The Bertz CT molecular complexity index is 1200. The monoisotopic (exact) mass is 334 g/mol. The van der Waals surface area contributed by atoms with E-state index in [2.05, 4.69) is 10.3 Å². The number of aryl methyl sites for hydroxylation is 1. The summed E-state index contributed by atoms with van der Waals surface area (Å²) in [6.07, 6.45) is 0. The van der Waals surface area contributed by atoms with Crippen LogP contribution in [0.25, 0.3) is 17.0 Å². The smallest absolute Gasteiger partial charge is 0.332 e. The van der Waals surface area contributed by atoms with Gasteiger partial charge in [-0.15, -0.1) is 5.10 Å². The first-order valence-electron chi connectivity index (χ1n) is 6.75. The lowest BCUT2D eigenvalue weighted by atomic mass is 10.4. The summed E-state index contributed by atoms with van der Waals surface area (Å²) < 4.78 is 4.99. The first-order valence-corrected chi connectivity index (χ1v) is 6.75. The van der Waals surface area contributed by atoms with E-state index in [9.17, 15) is 19.2 Å². The number of anilines is 1. The largest absolute Gasteiger partial charge is 0.391 e. The van der Waals surface area contributed by atoms with Crippen LogP contribution >= 0.6 is 0 Å². The molecule has 2 N–H and O–H groups in total. The molecule has 0 fully saturated rings. The van der Waals surface area contributed by atoms with Gasteiger partial charge in [0.15, 0.2) is 17.0 Å². The maximum absolute atomic E-state index is 12.2. The molecule has 12 nitrogen and oxygen atoms in total. The lowest BCUT2D eigenvalue weighted by Crippen LogP contribution is -2.41. The van der Waals surface area contributed by atoms with Crippen LogP contribution in [0.2, 0.25) is 0 Å². The highest BCUT2D eigenvalue weighted by atomic mass is 16.2. The van der Waals surface area contributed by atoms with Gasteiger partial charge in [-0.25, -0.2) is 9.59 Å². The Labute approximate surface area is 132 Å². The van der Waals surface area contributed by atoms with Crippen LogP contribution in [0.3, 0.4) is 0 Å². The number of hydrogen-bond acceptors (Lipinski definition) is 7. The molecule has 24 heavy (non-hydrogen) atoms. The molecule has 0 atom stereocenters.